The van der Waals surface area contributed by atoms with E-state index in [2.05, 4.69) is 5.32 Å². The summed E-state index contributed by atoms with van der Waals surface area (Å²) in [4.78, 5) is 26.4. The third kappa shape index (κ3) is 4.07. The van der Waals surface area contributed by atoms with Crippen molar-refractivity contribution >= 4 is 17.5 Å². The normalized spacial score (nSPS) is 17.7. The molecule has 2 amide bonds. The Morgan fingerprint density at radius 3 is 2.74 bits per heavy atom. The van der Waals surface area contributed by atoms with E-state index >= 15 is 0 Å². The Hall–Kier alpha value is -2.96. The molecular formula is C20H20F2N2O3. The maximum Gasteiger partial charge on any atom is 0.227 e. The lowest BCUT2D eigenvalue weighted by Crippen LogP contribution is -2.34. The lowest BCUT2D eigenvalue weighted by molar-refractivity contribution is -0.126. The number of rotatable bonds is 5. The van der Waals surface area contributed by atoms with Gasteiger partial charge in [-0.25, -0.2) is 8.78 Å². The van der Waals surface area contributed by atoms with Crippen LogP contribution in [0.25, 0.3) is 0 Å². The number of methoxy groups -OCH3 is 1. The summed E-state index contributed by atoms with van der Waals surface area (Å²) in [5.41, 5.74) is 0.853. The van der Waals surface area contributed by atoms with Crippen LogP contribution in [-0.2, 0) is 9.59 Å². The smallest absolute Gasteiger partial charge is 0.227 e. The minimum atomic E-state index is -0.719. The molecule has 0 saturated carbocycles. The Morgan fingerprint density at radius 1 is 1.26 bits per heavy atom. The highest BCUT2D eigenvalue weighted by molar-refractivity contribution is 6.00. The Labute approximate surface area is 155 Å². The van der Waals surface area contributed by atoms with Gasteiger partial charge in [0, 0.05) is 36.3 Å². The highest BCUT2D eigenvalue weighted by Crippen LogP contribution is 2.28. The predicted molar refractivity (Wildman–Crippen MR) is 96.4 cm³/mol. The lowest BCUT2D eigenvalue weighted by Gasteiger charge is -2.19. The van der Waals surface area contributed by atoms with Crippen molar-refractivity contribution in [1.29, 1.82) is 0 Å². The van der Waals surface area contributed by atoms with E-state index in [0.29, 0.717) is 11.4 Å². The van der Waals surface area contributed by atoms with E-state index in [-0.39, 0.29) is 30.3 Å². The number of ether oxygens (including phenoxy) is 1. The van der Waals surface area contributed by atoms with Gasteiger partial charge < -0.3 is 15.0 Å². The number of halogens is 2. The van der Waals surface area contributed by atoms with Gasteiger partial charge in [0.25, 0.3) is 0 Å². The van der Waals surface area contributed by atoms with Gasteiger partial charge in [-0.05, 0) is 25.1 Å². The summed E-state index contributed by atoms with van der Waals surface area (Å²) in [6.07, 6.45) is 0.0711. The summed E-state index contributed by atoms with van der Waals surface area (Å²) in [6, 6.07) is 9.64. The Bertz CT molecular complexity index is 872. The summed E-state index contributed by atoms with van der Waals surface area (Å²) in [6.45, 7) is 1.85. The molecule has 2 atom stereocenters. The molecule has 1 saturated heterocycles. The minimum absolute atomic E-state index is 0.0711. The molecule has 27 heavy (non-hydrogen) atoms. The van der Waals surface area contributed by atoms with E-state index in [0.717, 1.165) is 12.1 Å². The molecule has 3 rings (SSSR count). The summed E-state index contributed by atoms with van der Waals surface area (Å²) < 4.78 is 32.1. The number of anilines is 1. The van der Waals surface area contributed by atoms with Gasteiger partial charge in [-0.3, -0.25) is 9.59 Å². The van der Waals surface area contributed by atoms with E-state index in [1.165, 1.54) is 18.1 Å². The van der Waals surface area contributed by atoms with Crippen LogP contribution in [0.15, 0.2) is 42.5 Å². The first-order chi connectivity index (χ1) is 12.9. The molecular weight excluding hydrogens is 354 g/mol. The molecule has 142 valence electrons. The zero-order valence-electron chi connectivity index (χ0n) is 15.0. The van der Waals surface area contributed by atoms with Crippen molar-refractivity contribution < 1.29 is 23.1 Å². The minimum Gasteiger partial charge on any atom is -0.497 e. The van der Waals surface area contributed by atoms with Gasteiger partial charge in [-0.15, -0.1) is 0 Å². The van der Waals surface area contributed by atoms with E-state index in [9.17, 15) is 18.4 Å². The summed E-state index contributed by atoms with van der Waals surface area (Å²) in [5.74, 6) is -1.83. The van der Waals surface area contributed by atoms with Gasteiger partial charge in [0.05, 0.1) is 19.1 Å². The van der Waals surface area contributed by atoms with E-state index < -0.39 is 23.6 Å². The fraction of sp³-hybridized carbons (Fsp3) is 0.300. The van der Waals surface area contributed by atoms with Gasteiger partial charge in [-0.1, -0.05) is 12.1 Å². The molecule has 1 N–H and O–H groups in total. The molecule has 0 bridgehead atoms. The molecule has 0 radical (unpaired) electrons. The molecule has 1 aliphatic rings. The van der Waals surface area contributed by atoms with Crippen LogP contribution in [0.2, 0.25) is 0 Å². The standard InChI is InChI=1S/C20H20F2N2O3/c1-12(17-7-6-14(21)9-18(17)22)23-20(26)13-8-19(25)24(11-13)15-4-3-5-16(10-15)27-2/h3-7,9-10,12-13H,8,11H2,1-2H3,(H,23,26)/t12-,13+/m0/s1. The first-order valence-corrected chi connectivity index (χ1v) is 8.58. The maximum absolute atomic E-state index is 13.9. The lowest BCUT2D eigenvalue weighted by atomic mass is 10.0. The molecule has 1 aliphatic heterocycles. The monoisotopic (exact) mass is 374 g/mol. The molecule has 0 unspecified atom stereocenters. The average Bonchev–Trinajstić information content (AvgIpc) is 3.03. The maximum atomic E-state index is 13.9. The number of nitrogens with one attached hydrogen (secondary N) is 1. The largest absolute Gasteiger partial charge is 0.497 e. The fourth-order valence-electron chi connectivity index (χ4n) is 3.17. The van der Waals surface area contributed by atoms with Gasteiger partial charge in [0.2, 0.25) is 11.8 Å². The fourth-order valence-corrected chi connectivity index (χ4v) is 3.17. The van der Waals surface area contributed by atoms with Crippen LogP contribution in [0.1, 0.15) is 24.9 Å². The third-order valence-electron chi connectivity index (χ3n) is 4.65. The number of benzene rings is 2. The average molecular weight is 374 g/mol. The highest BCUT2D eigenvalue weighted by Gasteiger charge is 2.35. The Kier molecular flexibility index (Phi) is 5.39. The summed E-state index contributed by atoms with van der Waals surface area (Å²) in [5, 5.41) is 2.71. The number of carbonyl (C=O) groups is 2. The zero-order chi connectivity index (χ0) is 19.6. The van der Waals surface area contributed by atoms with Crippen molar-refractivity contribution in [3.05, 3.63) is 59.7 Å². The topological polar surface area (TPSA) is 58.6 Å². The number of nitrogens with zero attached hydrogens (tertiary/aromatic N) is 1. The molecule has 7 heteroatoms. The molecule has 0 spiro atoms. The Morgan fingerprint density at radius 2 is 2.04 bits per heavy atom. The van der Waals surface area contributed by atoms with Gasteiger partial charge in [0.1, 0.15) is 17.4 Å². The van der Waals surface area contributed by atoms with Crippen molar-refractivity contribution in [2.45, 2.75) is 19.4 Å². The van der Waals surface area contributed by atoms with Crippen molar-refractivity contribution in [1.82, 2.24) is 5.32 Å². The molecule has 2 aromatic rings. The van der Waals surface area contributed by atoms with E-state index in [4.69, 9.17) is 4.74 Å². The number of hydrogen-bond acceptors (Lipinski definition) is 3. The van der Waals surface area contributed by atoms with Crippen molar-refractivity contribution in [3.63, 3.8) is 0 Å². The molecule has 2 aromatic carbocycles. The van der Waals surface area contributed by atoms with Gasteiger partial charge >= 0.3 is 0 Å². The van der Waals surface area contributed by atoms with Gasteiger partial charge in [-0.2, -0.15) is 0 Å². The van der Waals surface area contributed by atoms with Crippen molar-refractivity contribution in [2.75, 3.05) is 18.6 Å². The predicted octanol–water partition coefficient (Wildman–Crippen LogP) is 3.20. The third-order valence-corrected chi connectivity index (χ3v) is 4.65. The van der Waals surface area contributed by atoms with Crippen LogP contribution >= 0.6 is 0 Å². The number of amides is 2. The van der Waals surface area contributed by atoms with Crippen LogP contribution in [0.4, 0.5) is 14.5 Å². The van der Waals surface area contributed by atoms with Crippen LogP contribution < -0.4 is 15.0 Å². The van der Waals surface area contributed by atoms with Crippen LogP contribution in [0, 0.1) is 17.6 Å². The quantitative estimate of drug-likeness (QED) is 0.874. The molecule has 1 fully saturated rings. The van der Waals surface area contributed by atoms with E-state index in [1.54, 1.807) is 31.2 Å². The SMILES string of the molecule is COc1cccc(N2C[C@H](C(=O)N[C@@H](C)c3ccc(F)cc3F)CC2=O)c1. The number of hydrogen-bond donors (Lipinski definition) is 1. The first kappa shape index (κ1) is 18.8. The highest BCUT2D eigenvalue weighted by atomic mass is 19.1. The zero-order valence-corrected chi connectivity index (χ0v) is 15.0. The second-order valence-corrected chi connectivity index (χ2v) is 6.50. The Balaban J connectivity index is 1.68. The van der Waals surface area contributed by atoms with E-state index in [1.807, 2.05) is 0 Å². The van der Waals surface area contributed by atoms with Crippen LogP contribution in [-0.4, -0.2) is 25.5 Å². The second-order valence-electron chi connectivity index (χ2n) is 6.50. The van der Waals surface area contributed by atoms with Crippen molar-refractivity contribution in [3.8, 4) is 5.75 Å². The molecule has 5 nitrogen and oxygen atoms in total. The summed E-state index contributed by atoms with van der Waals surface area (Å²) >= 11 is 0. The molecule has 1 heterocycles. The van der Waals surface area contributed by atoms with Crippen LogP contribution in [0.5, 0.6) is 5.75 Å². The molecule has 0 aromatic heterocycles. The van der Waals surface area contributed by atoms with Gasteiger partial charge in [0.15, 0.2) is 0 Å². The molecule has 0 aliphatic carbocycles. The number of carbonyl (C=O) groups excluding carboxylic acids is 2. The van der Waals surface area contributed by atoms with Crippen LogP contribution in [0.3, 0.4) is 0 Å². The first-order valence-electron chi connectivity index (χ1n) is 8.58. The summed E-state index contributed by atoms with van der Waals surface area (Å²) in [7, 11) is 1.54. The van der Waals surface area contributed by atoms with Crippen molar-refractivity contribution in [2.24, 2.45) is 5.92 Å². The second kappa shape index (κ2) is 7.73.